The molecule has 1 aromatic heterocycles. The van der Waals surface area contributed by atoms with Gasteiger partial charge in [-0.3, -0.25) is 15.5 Å². The number of rotatable bonds is 5. The molecule has 2 heterocycles. The van der Waals surface area contributed by atoms with Crippen LogP contribution in [0, 0.1) is 10.1 Å². The number of nitro groups is 1. The molecule has 0 atom stereocenters. The lowest BCUT2D eigenvalue weighted by Gasteiger charge is -2.28. The minimum absolute atomic E-state index is 0.0437. The molecule has 0 amide bonds. The minimum Gasteiger partial charge on any atom is -0.372 e. The van der Waals surface area contributed by atoms with Gasteiger partial charge in [0.15, 0.2) is 0 Å². The number of hydrogen-bond acceptors (Lipinski definition) is 6. The van der Waals surface area contributed by atoms with Crippen molar-refractivity contribution in [3.05, 3.63) is 58.3 Å². The first kappa shape index (κ1) is 15.9. The second-order valence-corrected chi connectivity index (χ2v) is 5.67. The van der Waals surface area contributed by atoms with E-state index in [1.165, 1.54) is 43.3 Å². The van der Waals surface area contributed by atoms with Crippen molar-refractivity contribution in [1.82, 2.24) is 4.98 Å². The molecule has 0 aliphatic carbocycles. The summed E-state index contributed by atoms with van der Waals surface area (Å²) in [5.74, 6) is 0.460. The molecule has 1 aliphatic rings. The molecule has 0 spiro atoms. The van der Waals surface area contributed by atoms with Crippen LogP contribution in [0.15, 0.2) is 47.7 Å². The molecule has 1 fully saturated rings. The molecule has 1 aromatic carbocycles. The number of pyridine rings is 1. The molecule has 1 saturated heterocycles. The second-order valence-electron chi connectivity index (χ2n) is 5.67. The van der Waals surface area contributed by atoms with Gasteiger partial charge in [-0.05, 0) is 43.0 Å². The number of hydrogen-bond donors (Lipinski definition) is 1. The molecule has 0 radical (unpaired) electrons. The van der Waals surface area contributed by atoms with Gasteiger partial charge >= 0.3 is 0 Å². The van der Waals surface area contributed by atoms with E-state index >= 15 is 0 Å². The van der Waals surface area contributed by atoms with Crippen LogP contribution in [-0.2, 0) is 0 Å². The van der Waals surface area contributed by atoms with Crippen LogP contribution in [0.1, 0.15) is 24.8 Å². The molecular weight excluding hydrogens is 306 g/mol. The average molecular weight is 325 g/mol. The summed E-state index contributed by atoms with van der Waals surface area (Å²) in [4.78, 5) is 16.4. The summed E-state index contributed by atoms with van der Waals surface area (Å²) >= 11 is 0. The third kappa shape index (κ3) is 4.07. The van der Waals surface area contributed by atoms with Crippen molar-refractivity contribution >= 4 is 23.4 Å². The Morgan fingerprint density at radius 1 is 1.12 bits per heavy atom. The number of hydrazone groups is 1. The van der Waals surface area contributed by atoms with E-state index in [4.69, 9.17) is 0 Å². The first-order chi connectivity index (χ1) is 11.7. The third-order valence-electron chi connectivity index (χ3n) is 3.97. The molecule has 0 saturated carbocycles. The summed E-state index contributed by atoms with van der Waals surface area (Å²) in [6.07, 6.45) is 6.74. The van der Waals surface area contributed by atoms with Crippen LogP contribution < -0.4 is 10.3 Å². The SMILES string of the molecule is O=[N+]([O-])c1ccc(N/N=C/c2ccc(N3CCCCC3)cc2)nc1. The zero-order valence-electron chi connectivity index (χ0n) is 13.3. The van der Waals surface area contributed by atoms with Gasteiger partial charge in [-0.2, -0.15) is 5.10 Å². The van der Waals surface area contributed by atoms with Gasteiger partial charge in [0.1, 0.15) is 12.0 Å². The van der Waals surface area contributed by atoms with Crippen molar-refractivity contribution < 1.29 is 4.92 Å². The molecule has 7 heteroatoms. The molecule has 7 nitrogen and oxygen atoms in total. The van der Waals surface area contributed by atoms with E-state index in [1.807, 2.05) is 12.1 Å². The molecule has 0 unspecified atom stereocenters. The quantitative estimate of drug-likeness (QED) is 0.517. The molecule has 0 bridgehead atoms. The smallest absolute Gasteiger partial charge is 0.287 e. The fourth-order valence-corrected chi connectivity index (χ4v) is 2.66. The number of nitrogens with one attached hydrogen (secondary N) is 1. The second kappa shape index (κ2) is 7.54. The van der Waals surface area contributed by atoms with E-state index in [2.05, 4.69) is 32.5 Å². The van der Waals surface area contributed by atoms with Crippen molar-refractivity contribution in [2.24, 2.45) is 5.10 Å². The number of benzene rings is 1. The van der Waals surface area contributed by atoms with Crippen LogP contribution in [0.4, 0.5) is 17.2 Å². The Balaban J connectivity index is 1.57. The van der Waals surface area contributed by atoms with Crippen LogP contribution in [0.25, 0.3) is 0 Å². The van der Waals surface area contributed by atoms with Gasteiger partial charge in [0, 0.05) is 24.8 Å². The molecule has 1 N–H and O–H groups in total. The van der Waals surface area contributed by atoms with Crippen molar-refractivity contribution in [1.29, 1.82) is 0 Å². The fraction of sp³-hybridized carbons (Fsp3) is 0.294. The highest BCUT2D eigenvalue weighted by atomic mass is 16.6. The first-order valence-corrected chi connectivity index (χ1v) is 7.97. The predicted molar refractivity (Wildman–Crippen MR) is 94.6 cm³/mol. The van der Waals surface area contributed by atoms with E-state index < -0.39 is 4.92 Å². The average Bonchev–Trinajstić information content (AvgIpc) is 2.63. The highest BCUT2D eigenvalue weighted by Crippen LogP contribution is 2.19. The van der Waals surface area contributed by atoms with Gasteiger partial charge in [-0.15, -0.1) is 0 Å². The highest BCUT2D eigenvalue weighted by molar-refractivity contribution is 5.80. The summed E-state index contributed by atoms with van der Waals surface area (Å²) in [6, 6.07) is 11.2. The number of aromatic nitrogens is 1. The van der Waals surface area contributed by atoms with Crippen LogP contribution >= 0.6 is 0 Å². The zero-order valence-corrected chi connectivity index (χ0v) is 13.3. The molecule has 3 rings (SSSR count). The Morgan fingerprint density at radius 3 is 2.50 bits per heavy atom. The van der Waals surface area contributed by atoms with E-state index in [0.717, 1.165) is 18.7 Å². The van der Waals surface area contributed by atoms with Gasteiger partial charge < -0.3 is 4.90 Å². The number of piperidine rings is 1. The maximum atomic E-state index is 10.6. The van der Waals surface area contributed by atoms with Crippen molar-refractivity contribution in [2.75, 3.05) is 23.4 Å². The van der Waals surface area contributed by atoms with Crippen molar-refractivity contribution in [3.63, 3.8) is 0 Å². The van der Waals surface area contributed by atoms with Gasteiger partial charge in [-0.1, -0.05) is 12.1 Å². The number of anilines is 2. The minimum atomic E-state index is -0.482. The van der Waals surface area contributed by atoms with Gasteiger partial charge in [0.25, 0.3) is 5.69 Å². The lowest BCUT2D eigenvalue weighted by Crippen LogP contribution is -2.29. The van der Waals surface area contributed by atoms with E-state index in [0.29, 0.717) is 5.82 Å². The van der Waals surface area contributed by atoms with Crippen molar-refractivity contribution in [3.8, 4) is 0 Å². The Hall–Kier alpha value is -2.96. The summed E-state index contributed by atoms with van der Waals surface area (Å²) < 4.78 is 0. The largest absolute Gasteiger partial charge is 0.372 e. The van der Waals surface area contributed by atoms with Crippen LogP contribution in [0.5, 0.6) is 0 Å². The molecular formula is C17H19N5O2. The summed E-state index contributed by atoms with van der Waals surface area (Å²) in [5, 5.41) is 14.7. The summed E-state index contributed by atoms with van der Waals surface area (Å²) in [5.41, 5.74) is 4.94. The normalized spacial score (nSPS) is 14.8. The molecule has 24 heavy (non-hydrogen) atoms. The van der Waals surface area contributed by atoms with Gasteiger partial charge in [-0.25, -0.2) is 4.98 Å². The Bertz CT molecular complexity index is 707. The van der Waals surface area contributed by atoms with E-state index in [9.17, 15) is 10.1 Å². The maximum absolute atomic E-state index is 10.6. The van der Waals surface area contributed by atoms with Crippen LogP contribution in [-0.4, -0.2) is 29.2 Å². The molecule has 124 valence electrons. The lowest BCUT2D eigenvalue weighted by molar-refractivity contribution is -0.385. The lowest BCUT2D eigenvalue weighted by atomic mass is 10.1. The van der Waals surface area contributed by atoms with Gasteiger partial charge in [0.2, 0.25) is 0 Å². The highest BCUT2D eigenvalue weighted by Gasteiger charge is 2.10. The summed E-state index contributed by atoms with van der Waals surface area (Å²) in [7, 11) is 0. The third-order valence-corrected chi connectivity index (χ3v) is 3.97. The fourth-order valence-electron chi connectivity index (χ4n) is 2.66. The Morgan fingerprint density at radius 2 is 1.88 bits per heavy atom. The first-order valence-electron chi connectivity index (χ1n) is 7.97. The maximum Gasteiger partial charge on any atom is 0.287 e. The predicted octanol–water partition coefficient (Wildman–Crippen LogP) is 3.43. The van der Waals surface area contributed by atoms with Gasteiger partial charge in [0.05, 0.1) is 11.1 Å². The number of nitrogens with zero attached hydrogens (tertiary/aromatic N) is 4. The summed E-state index contributed by atoms with van der Waals surface area (Å²) in [6.45, 7) is 2.25. The molecule has 1 aliphatic heterocycles. The van der Waals surface area contributed by atoms with E-state index in [-0.39, 0.29) is 5.69 Å². The Kier molecular flexibility index (Phi) is 5.00. The van der Waals surface area contributed by atoms with Crippen LogP contribution in [0.2, 0.25) is 0 Å². The topological polar surface area (TPSA) is 83.7 Å². The van der Waals surface area contributed by atoms with E-state index in [1.54, 1.807) is 6.21 Å². The van der Waals surface area contributed by atoms with Crippen LogP contribution in [0.3, 0.4) is 0 Å². The monoisotopic (exact) mass is 325 g/mol. The van der Waals surface area contributed by atoms with Crippen molar-refractivity contribution in [2.45, 2.75) is 19.3 Å². The molecule has 2 aromatic rings. The standard InChI is InChI=1S/C17H19N5O2/c23-22(24)16-8-9-17(18-13-16)20-19-12-14-4-6-15(7-5-14)21-10-2-1-3-11-21/h4-9,12-13H,1-3,10-11H2,(H,18,20)/b19-12+. The zero-order chi connectivity index (χ0) is 16.8. The Labute approximate surface area is 140 Å².